The second-order valence-electron chi connectivity index (χ2n) is 5.47. The Bertz CT molecular complexity index is 475. The second kappa shape index (κ2) is 9.92. The van der Waals surface area contributed by atoms with E-state index in [-0.39, 0.29) is 5.41 Å². The van der Waals surface area contributed by atoms with Gasteiger partial charge in [-0.15, -0.1) is 0 Å². The third-order valence-electron chi connectivity index (χ3n) is 3.60. The fraction of sp³-hybridized carbons (Fsp3) is 0.444. The summed E-state index contributed by atoms with van der Waals surface area (Å²) in [5.74, 6) is 0. The van der Waals surface area contributed by atoms with Gasteiger partial charge in [-0.3, -0.25) is 0 Å². The Labute approximate surface area is 129 Å². The van der Waals surface area contributed by atoms with E-state index >= 15 is 0 Å². The highest BCUT2D eigenvalue weighted by Crippen LogP contribution is 2.35. The number of nitrogens with two attached hydrogens (primary N) is 1. The lowest BCUT2D eigenvalue weighted by atomic mass is 9.76. The molecule has 3 heteroatoms. The number of hydrogen-bond acceptors (Lipinski definition) is 3. The van der Waals surface area contributed by atoms with Crippen LogP contribution in [-0.4, -0.2) is 19.5 Å². The predicted octanol–water partition coefficient (Wildman–Crippen LogP) is 4.43. The molecule has 3 nitrogen and oxygen atoms in total. The van der Waals surface area contributed by atoms with Gasteiger partial charge in [-0.2, -0.15) is 0 Å². The van der Waals surface area contributed by atoms with Crippen LogP contribution < -0.4 is 5.73 Å². The number of aliphatic imine (C=N–C) groups is 1. The van der Waals surface area contributed by atoms with E-state index in [1.807, 2.05) is 38.3 Å². The lowest BCUT2D eigenvalue weighted by Gasteiger charge is -2.28. The zero-order valence-corrected chi connectivity index (χ0v) is 14.0. The fourth-order valence-corrected chi connectivity index (χ4v) is 1.84. The van der Waals surface area contributed by atoms with E-state index in [9.17, 15) is 0 Å². The average Bonchev–Trinajstić information content (AvgIpc) is 2.44. The monoisotopic (exact) mass is 287 g/mol. The molecule has 0 aliphatic heterocycles. The fourth-order valence-electron chi connectivity index (χ4n) is 1.84. The van der Waals surface area contributed by atoms with E-state index in [2.05, 4.69) is 31.0 Å². The highest BCUT2D eigenvalue weighted by Gasteiger charge is 2.23. The molecule has 0 unspecified atom stereocenters. The Morgan fingerprint density at radius 3 is 2.52 bits per heavy atom. The van der Waals surface area contributed by atoms with Crippen LogP contribution in [-0.2, 0) is 0 Å². The van der Waals surface area contributed by atoms with Crippen molar-refractivity contribution in [2.45, 2.75) is 40.5 Å². The normalized spacial score (nSPS) is 15.2. The molecule has 0 aromatic carbocycles. The number of allylic oxidation sites excluding steroid dienone is 8. The van der Waals surface area contributed by atoms with Gasteiger partial charge in [0.15, 0.2) is 0 Å². The van der Waals surface area contributed by atoms with Crippen LogP contribution in [0.25, 0.3) is 0 Å². The van der Waals surface area contributed by atoms with Crippen LogP contribution in [0.2, 0.25) is 0 Å². The highest BCUT2D eigenvalue weighted by molar-refractivity contribution is 5.69. The maximum Gasteiger partial charge on any atom is 0.0273 e. The first-order valence-electron chi connectivity index (χ1n) is 7.26. The van der Waals surface area contributed by atoms with Gasteiger partial charge in [0.25, 0.3) is 0 Å². The molecule has 0 aliphatic carbocycles. The molecule has 0 radical (unpaired) electrons. The first-order valence-corrected chi connectivity index (χ1v) is 7.26. The summed E-state index contributed by atoms with van der Waals surface area (Å²) < 4.78 is 0. The summed E-state index contributed by atoms with van der Waals surface area (Å²) >= 11 is 0. The molecule has 0 saturated heterocycles. The van der Waals surface area contributed by atoms with Crippen LogP contribution >= 0.6 is 0 Å². The molecule has 0 fully saturated rings. The van der Waals surface area contributed by atoms with Crippen molar-refractivity contribution < 1.29 is 0 Å². The summed E-state index contributed by atoms with van der Waals surface area (Å²) in [6.45, 7) is 8.37. The van der Waals surface area contributed by atoms with Gasteiger partial charge in [0, 0.05) is 37.0 Å². The first-order chi connectivity index (χ1) is 9.89. The zero-order valence-electron chi connectivity index (χ0n) is 14.0. The van der Waals surface area contributed by atoms with E-state index in [4.69, 9.17) is 11.1 Å². The SMILES string of the molecule is C/C=C/C/C=C(\C=C(\N)CC=NC)C(C)(C)/C(C)=C\C=N. The molecular formula is C18H29N3. The van der Waals surface area contributed by atoms with E-state index in [0.717, 1.165) is 17.7 Å². The molecule has 116 valence electrons. The van der Waals surface area contributed by atoms with Crippen molar-refractivity contribution in [1.82, 2.24) is 0 Å². The van der Waals surface area contributed by atoms with Gasteiger partial charge in [0.05, 0.1) is 0 Å². The number of nitrogens with zero attached hydrogens (tertiary/aromatic N) is 1. The minimum absolute atomic E-state index is 0.160. The molecular weight excluding hydrogens is 258 g/mol. The highest BCUT2D eigenvalue weighted by atomic mass is 14.6. The third kappa shape index (κ3) is 6.89. The van der Waals surface area contributed by atoms with Gasteiger partial charge in [-0.25, -0.2) is 0 Å². The van der Waals surface area contributed by atoms with Crippen molar-refractivity contribution in [3.8, 4) is 0 Å². The Morgan fingerprint density at radius 2 is 2.00 bits per heavy atom. The van der Waals surface area contributed by atoms with Gasteiger partial charge in [0.2, 0.25) is 0 Å². The molecule has 0 amide bonds. The summed E-state index contributed by atoms with van der Waals surface area (Å²) in [6.07, 6.45) is 14.9. The van der Waals surface area contributed by atoms with Gasteiger partial charge >= 0.3 is 0 Å². The van der Waals surface area contributed by atoms with Gasteiger partial charge in [0.1, 0.15) is 0 Å². The van der Waals surface area contributed by atoms with E-state index in [1.165, 1.54) is 11.8 Å². The summed E-state index contributed by atoms with van der Waals surface area (Å²) in [6, 6.07) is 0. The van der Waals surface area contributed by atoms with Crippen molar-refractivity contribution in [2.75, 3.05) is 7.05 Å². The molecule has 0 saturated carbocycles. The Kier molecular flexibility index (Phi) is 9.02. The lowest BCUT2D eigenvalue weighted by molar-refractivity contribution is 0.550. The molecule has 3 N–H and O–H groups in total. The van der Waals surface area contributed by atoms with Crippen LogP contribution in [0.15, 0.2) is 52.2 Å². The van der Waals surface area contributed by atoms with Crippen LogP contribution in [0.4, 0.5) is 0 Å². The maximum absolute atomic E-state index is 7.26. The van der Waals surface area contributed by atoms with Crippen molar-refractivity contribution in [3.05, 3.63) is 47.2 Å². The minimum Gasteiger partial charge on any atom is -0.402 e. The summed E-state index contributed by atoms with van der Waals surface area (Å²) in [7, 11) is 1.75. The second-order valence-corrected chi connectivity index (χ2v) is 5.47. The van der Waals surface area contributed by atoms with E-state index < -0.39 is 0 Å². The maximum atomic E-state index is 7.26. The summed E-state index contributed by atoms with van der Waals surface area (Å²) in [4.78, 5) is 3.97. The topological polar surface area (TPSA) is 62.2 Å². The predicted molar refractivity (Wildman–Crippen MR) is 95.1 cm³/mol. The molecule has 0 atom stereocenters. The molecule has 0 rings (SSSR count). The quantitative estimate of drug-likeness (QED) is 0.387. The molecule has 0 spiro atoms. The van der Waals surface area contributed by atoms with Gasteiger partial charge in [-0.05, 0) is 38.0 Å². The first kappa shape index (κ1) is 19.1. The molecule has 0 aliphatic rings. The van der Waals surface area contributed by atoms with Crippen LogP contribution in [0.5, 0.6) is 0 Å². The number of hydrogen-bond donors (Lipinski definition) is 2. The molecule has 0 aromatic heterocycles. The molecule has 0 heterocycles. The number of nitrogens with one attached hydrogen (secondary N) is 1. The summed E-state index contributed by atoms with van der Waals surface area (Å²) in [5.41, 5.74) is 9.02. The van der Waals surface area contributed by atoms with Crippen molar-refractivity contribution >= 4 is 12.4 Å². The molecule has 0 bridgehead atoms. The van der Waals surface area contributed by atoms with Crippen molar-refractivity contribution in [1.29, 1.82) is 5.41 Å². The smallest absolute Gasteiger partial charge is 0.0273 e. The van der Waals surface area contributed by atoms with Gasteiger partial charge in [-0.1, -0.05) is 37.6 Å². The molecule has 21 heavy (non-hydrogen) atoms. The van der Waals surface area contributed by atoms with E-state index in [1.54, 1.807) is 7.05 Å². The standard InChI is InChI=1S/C18H29N3/c1-6-7-8-9-16(14-17(20)11-13-21-5)18(3,4)15(2)10-12-19/h6-7,9-10,12-14,19H,8,11,20H2,1-5H3/b7-6+,15-10-,16-9+,17-14+,19-12?,21-13?. The molecule has 0 aromatic rings. The Hall–Kier alpha value is -1.90. The largest absolute Gasteiger partial charge is 0.402 e. The van der Waals surface area contributed by atoms with Gasteiger partial charge < -0.3 is 16.1 Å². The number of rotatable bonds is 8. The third-order valence-corrected chi connectivity index (χ3v) is 3.60. The minimum atomic E-state index is -0.160. The van der Waals surface area contributed by atoms with Crippen molar-refractivity contribution in [3.63, 3.8) is 0 Å². The Balaban J connectivity index is 5.56. The van der Waals surface area contributed by atoms with E-state index in [0.29, 0.717) is 6.42 Å². The lowest BCUT2D eigenvalue weighted by Crippen LogP contribution is -2.17. The van der Waals surface area contributed by atoms with Crippen LogP contribution in [0.3, 0.4) is 0 Å². The van der Waals surface area contributed by atoms with Crippen LogP contribution in [0.1, 0.15) is 40.5 Å². The average molecular weight is 287 g/mol. The van der Waals surface area contributed by atoms with Crippen LogP contribution in [0, 0.1) is 10.8 Å². The van der Waals surface area contributed by atoms with Crippen molar-refractivity contribution in [2.24, 2.45) is 16.1 Å². The Morgan fingerprint density at radius 1 is 1.33 bits per heavy atom. The summed E-state index contributed by atoms with van der Waals surface area (Å²) in [5, 5.41) is 7.26. The zero-order chi connectivity index (χ0) is 16.3.